The van der Waals surface area contributed by atoms with Crippen molar-refractivity contribution in [2.24, 2.45) is 0 Å². The molecule has 31 heavy (non-hydrogen) atoms. The van der Waals surface area contributed by atoms with Gasteiger partial charge in [0.15, 0.2) is 6.54 Å². The summed E-state index contributed by atoms with van der Waals surface area (Å²) < 4.78 is 2.41. The van der Waals surface area contributed by atoms with Gasteiger partial charge in [0, 0.05) is 12.0 Å². The second kappa shape index (κ2) is 8.32. The lowest BCUT2D eigenvalue weighted by atomic mass is 9.96. The molecule has 1 N–H and O–H groups in total. The molecular formula is C28H31N2O+. The largest absolute Gasteiger partial charge is 0.346 e. The molecule has 2 aliphatic rings. The average molecular weight is 412 g/mol. The van der Waals surface area contributed by atoms with Gasteiger partial charge in [0.05, 0.1) is 6.54 Å². The van der Waals surface area contributed by atoms with Crippen LogP contribution in [0.4, 0.5) is 5.69 Å². The van der Waals surface area contributed by atoms with E-state index in [1.54, 1.807) is 0 Å². The quantitative estimate of drug-likeness (QED) is 0.569. The van der Waals surface area contributed by atoms with E-state index in [1.807, 2.05) is 6.07 Å². The van der Waals surface area contributed by atoms with Crippen LogP contribution < -0.4 is 4.90 Å². The molecule has 0 bridgehead atoms. The fourth-order valence-electron chi connectivity index (χ4n) is 5.05. The summed E-state index contributed by atoms with van der Waals surface area (Å²) in [6, 6.07) is 27.6. The molecule has 1 atom stereocenters. The van der Waals surface area contributed by atoms with E-state index in [0.29, 0.717) is 6.54 Å². The molecule has 3 nitrogen and oxygen atoms in total. The minimum absolute atomic E-state index is 0.614. The predicted molar refractivity (Wildman–Crippen MR) is 128 cm³/mol. The summed E-state index contributed by atoms with van der Waals surface area (Å²) in [4.78, 5) is 2.20. The highest BCUT2D eigenvalue weighted by atomic mass is 16.3. The molecule has 5 rings (SSSR count). The van der Waals surface area contributed by atoms with Crippen LogP contribution in [0.2, 0.25) is 0 Å². The lowest BCUT2D eigenvalue weighted by Gasteiger charge is -2.29. The zero-order chi connectivity index (χ0) is 21.3. The van der Waals surface area contributed by atoms with Gasteiger partial charge in [-0.1, -0.05) is 73.7 Å². The molecule has 0 unspecified atom stereocenters. The standard InChI is InChI=1S/C28H31N2O/c1-2-22-12-18-26(19-13-22)30-27-11-7-4-8-20-29(27)21-28(30,31)25-16-14-24(15-17-25)23-9-5-3-6-10-23/h3,5-6,9-10,12-19,31H,2,4,7-8,11,20-21H2,1H3/q+1/t28-/m1/s1. The van der Waals surface area contributed by atoms with Crippen molar-refractivity contribution in [3.05, 3.63) is 90.0 Å². The summed E-state index contributed by atoms with van der Waals surface area (Å²) in [6.45, 7) is 3.81. The number of nitrogens with zero attached hydrogens (tertiary/aromatic N) is 2. The van der Waals surface area contributed by atoms with Gasteiger partial charge in [-0.2, -0.15) is 4.90 Å². The summed E-state index contributed by atoms with van der Waals surface area (Å²) in [7, 11) is 0. The normalized spacial score (nSPS) is 21.2. The minimum atomic E-state index is -1.06. The maximum atomic E-state index is 12.1. The Balaban J connectivity index is 1.55. The Morgan fingerprint density at radius 2 is 1.55 bits per heavy atom. The highest BCUT2D eigenvalue weighted by Crippen LogP contribution is 2.38. The van der Waals surface area contributed by atoms with E-state index < -0.39 is 5.72 Å². The van der Waals surface area contributed by atoms with Gasteiger partial charge in [-0.05, 0) is 54.5 Å². The van der Waals surface area contributed by atoms with Gasteiger partial charge in [0.25, 0.3) is 11.6 Å². The number of rotatable bonds is 4. The third kappa shape index (κ3) is 3.68. The third-order valence-electron chi connectivity index (χ3n) is 6.79. The molecule has 0 fully saturated rings. The van der Waals surface area contributed by atoms with Crippen molar-refractivity contribution in [2.45, 2.75) is 44.8 Å². The van der Waals surface area contributed by atoms with Gasteiger partial charge in [0.1, 0.15) is 5.69 Å². The molecule has 0 saturated carbocycles. The molecule has 3 heteroatoms. The summed E-state index contributed by atoms with van der Waals surface area (Å²) in [6.07, 6.45) is 5.66. The molecule has 3 aromatic carbocycles. The van der Waals surface area contributed by atoms with E-state index in [-0.39, 0.29) is 0 Å². The Bertz CT molecular complexity index is 1070. The van der Waals surface area contributed by atoms with Crippen LogP contribution >= 0.6 is 0 Å². The Morgan fingerprint density at radius 3 is 2.26 bits per heavy atom. The Hall–Kier alpha value is -2.91. The van der Waals surface area contributed by atoms with E-state index in [2.05, 4.69) is 89.2 Å². The highest BCUT2D eigenvalue weighted by molar-refractivity contribution is 5.97. The van der Waals surface area contributed by atoms with Gasteiger partial charge in [-0.3, -0.25) is 4.58 Å². The SMILES string of the molecule is CCc1ccc(N2C3=[N+](CCCCC3)C[C@@]2(O)c2ccc(-c3ccccc3)cc2)cc1. The topological polar surface area (TPSA) is 26.5 Å². The Kier molecular flexibility index (Phi) is 5.37. The van der Waals surface area contributed by atoms with E-state index in [4.69, 9.17) is 0 Å². The van der Waals surface area contributed by atoms with Gasteiger partial charge in [-0.15, -0.1) is 0 Å². The van der Waals surface area contributed by atoms with Crippen LogP contribution in [-0.2, 0) is 12.1 Å². The molecule has 0 amide bonds. The number of hydrogen-bond acceptors (Lipinski definition) is 2. The van der Waals surface area contributed by atoms with Gasteiger partial charge in [0.2, 0.25) is 0 Å². The fraction of sp³-hybridized carbons (Fsp3) is 0.321. The van der Waals surface area contributed by atoms with Crippen molar-refractivity contribution in [1.82, 2.24) is 0 Å². The number of aliphatic hydroxyl groups is 1. The van der Waals surface area contributed by atoms with Crippen molar-refractivity contribution < 1.29 is 9.68 Å². The Morgan fingerprint density at radius 1 is 0.839 bits per heavy atom. The van der Waals surface area contributed by atoms with Crippen LogP contribution in [0.1, 0.15) is 43.7 Å². The molecule has 0 saturated heterocycles. The molecule has 158 valence electrons. The fourth-order valence-corrected chi connectivity index (χ4v) is 5.05. The monoisotopic (exact) mass is 411 g/mol. The van der Waals surface area contributed by atoms with E-state index in [1.165, 1.54) is 41.8 Å². The predicted octanol–water partition coefficient (Wildman–Crippen LogP) is 5.57. The molecule has 3 aromatic rings. The second-order valence-corrected chi connectivity index (χ2v) is 8.76. The first-order valence-corrected chi connectivity index (χ1v) is 11.6. The molecule has 2 heterocycles. The lowest BCUT2D eigenvalue weighted by molar-refractivity contribution is -0.534. The number of benzene rings is 3. The summed E-state index contributed by atoms with van der Waals surface area (Å²) in [5.74, 6) is 1.26. The molecular weight excluding hydrogens is 380 g/mol. The maximum absolute atomic E-state index is 12.1. The highest BCUT2D eigenvalue weighted by Gasteiger charge is 2.53. The minimum Gasteiger partial charge on any atom is -0.346 e. The van der Waals surface area contributed by atoms with Crippen LogP contribution in [0.15, 0.2) is 78.9 Å². The summed E-state index contributed by atoms with van der Waals surface area (Å²) in [5, 5.41) is 12.1. The molecule has 0 spiro atoms. The van der Waals surface area contributed by atoms with Crippen molar-refractivity contribution in [3.8, 4) is 11.1 Å². The zero-order valence-electron chi connectivity index (χ0n) is 18.3. The number of hydrogen-bond donors (Lipinski definition) is 1. The number of amidine groups is 1. The second-order valence-electron chi connectivity index (χ2n) is 8.76. The molecule has 0 aromatic heterocycles. The summed E-state index contributed by atoms with van der Waals surface area (Å²) >= 11 is 0. The first-order valence-electron chi connectivity index (χ1n) is 11.6. The van der Waals surface area contributed by atoms with Gasteiger partial charge < -0.3 is 5.11 Å². The first kappa shape index (κ1) is 20.0. The summed E-state index contributed by atoms with van der Waals surface area (Å²) in [5.41, 5.74) is 4.66. The van der Waals surface area contributed by atoms with E-state index in [0.717, 1.165) is 30.6 Å². The first-order chi connectivity index (χ1) is 15.2. The van der Waals surface area contributed by atoms with E-state index >= 15 is 0 Å². The van der Waals surface area contributed by atoms with Gasteiger partial charge >= 0.3 is 0 Å². The van der Waals surface area contributed by atoms with Crippen molar-refractivity contribution in [3.63, 3.8) is 0 Å². The van der Waals surface area contributed by atoms with E-state index in [9.17, 15) is 5.11 Å². The van der Waals surface area contributed by atoms with Crippen LogP contribution in [-0.4, -0.2) is 28.6 Å². The molecule has 2 aliphatic heterocycles. The third-order valence-corrected chi connectivity index (χ3v) is 6.79. The van der Waals surface area contributed by atoms with Crippen molar-refractivity contribution in [2.75, 3.05) is 18.0 Å². The number of aryl methyl sites for hydroxylation is 1. The van der Waals surface area contributed by atoms with Crippen LogP contribution in [0.25, 0.3) is 11.1 Å². The zero-order valence-corrected chi connectivity index (χ0v) is 18.3. The smallest absolute Gasteiger partial charge is 0.275 e. The molecule has 0 radical (unpaired) electrons. The van der Waals surface area contributed by atoms with Crippen molar-refractivity contribution in [1.29, 1.82) is 0 Å². The van der Waals surface area contributed by atoms with Crippen LogP contribution in [0.5, 0.6) is 0 Å². The molecule has 0 aliphatic carbocycles. The average Bonchev–Trinajstić information content (AvgIpc) is 2.95. The maximum Gasteiger partial charge on any atom is 0.275 e. The Labute approximate surface area is 185 Å². The van der Waals surface area contributed by atoms with Crippen LogP contribution in [0.3, 0.4) is 0 Å². The lowest BCUT2D eigenvalue weighted by Crippen LogP contribution is -2.47. The van der Waals surface area contributed by atoms with Crippen molar-refractivity contribution >= 4 is 11.5 Å². The number of anilines is 1. The van der Waals surface area contributed by atoms with Crippen LogP contribution in [0, 0.1) is 0 Å². The van der Waals surface area contributed by atoms with Gasteiger partial charge in [-0.25, -0.2) is 0 Å².